The largest absolute Gasteiger partial charge is 0.450 e. The van der Waals surface area contributed by atoms with Crippen LogP contribution in [-0.4, -0.2) is 80.5 Å². The normalized spacial score (nSPS) is 20.1. The van der Waals surface area contributed by atoms with Crippen molar-refractivity contribution in [3.8, 4) is 0 Å². The van der Waals surface area contributed by atoms with Crippen LogP contribution in [0.25, 0.3) is 0 Å². The van der Waals surface area contributed by atoms with Gasteiger partial charge in [0.15, 0.2) is 5.96 Å². The Hall–Kier alpha value is -1.82. The number of piperidine rings is 1. The topological polar surface area (TPSA) is 91.3 Å². The Labute approximate surface area is 202 Å². The standard InChI is InChI=1S/C21H34N6O3.HI/c1-4-29-21(28)26-9-7-18(8-10-26)25-20(22-3)24-14-17-5-6-19(23-13-17)27-11-12-30-16(2)15-27;/h5-6,13,16,18H,4,7-12,14-15H2,1-3H3,(H2,22,24,25);1H. The first-order valence-corrected chi connectivity index (χ1v) is 10.8. The van der Waals surface area contributed by atoms with Crippen LogP contribution in [0.15, 0.2) is 23.3 Å². The third-order valence-electron chi connectivity index (χ3n) is 5.42. The van der Waals surface area contributed by atoms with Crippen LogP contribution >= 0.6 is 24.0 Å². The molecule has 0 aromatic carbocycles. The van der Waals surface area contributed by atoms with Crippen LogP contribution in [0.4, 0.5) is 10.6 Å². The average molecular weight is 546 g/mol. The van der Waals surface area contributed by atoms with Crippen LogP contribution in [0.5, 0.6) is 0 Å². The fourth-order valence-electron chi connectivity index (χ4n) is 3.73. The number of hydrogen-bond acceptors (Lipinski definition) is 6. The summed E-state index contributed by atoms with van der Waals surface area (Å²) >= 11 is 0. The lowest BCUT2D eigenvalue weighted by molar-refractivity contribution is 0.0529. The van der Waals surface area contributed by atoms with Gasteiger partial charge in [0.2, 0.25) is 0 Å². The van der Waals surface area contributed by atoms with Crippen molar-refractivity contribution in [2.24, 2.45) is 4.99 Å². The molecule has 10 heteroatoms. The molecule has 0 radical (unpaired) electrons. The molecule has 2 fully saturated rings. The summed E-state index contributed by atoms with van der Waals surface area (Å²) < 4.78 is 10.7. The lowest BCUT2D eigenvalue weighted by Gasteiger charge is -2.32. The second kappa shape index (κ2) is 12.9. The molecule has 3 heterocycles. The highest BCUT2D eigenvalue weighted by Crippen LogP contribution is 2.15. The number of rotatable bonds is 5. The van der Waals surface area contributed by atoms with Gasteiger partial charge in [0.05, 0.1) is 19.3 Å². The molecule has 2 aliphatic rings. The Bertz CT molecular complexity index is 710. The number of carbonyl (C=O) groups is 1. The first kappa shape index (κ1) is 25.4. The van der Waals surface area contributed by atoms with Gasteiger partial charge in [-0.25, -0.2) is 9.78 Å². The molecule has 174 valence electrons. The lowest BCUT2D eigenvalue weighted by atomic mass is 10.1. The molecule has 0 aliphatic carbocycles. The average Bonchev–Trinajstić information content (AvgIpc) is 2.77. The summed E-state index contributed by atoms with van der Waals surface area (Å²) in [4.78, 5) is 24.8. The Kier molecular flexibility index (Phi) is 10.6. The number of anilines is 1. The number of pyridine rings is 1. The van der Waals surface area contributed by atoms with Crippen molar-refractivity contribution in [3.05, 3.63) is 23.9 Å². The van der Waals surface area contributed by atoms with Gasteiger partial charge in [-0.15, -0.1) is 24.0 Å². The van der Waals surface area contributed by atoms with Gasteiger partial charge in [0, 0.05) is 52.0 Å². The monoisotopic (exact) mass is 546 g/mol. The van der Waals surface area contributed by atoms with E-state index in [9.17, 15) is 4.79 Å². The van der Waals surface area contributed by atoms with Crippen molar-refractivity contribution in [1.29, 1.82) is 0 Å². The fourth-order valence-corrected chi connectivity index (χ4v) is 3.73. The quantitative estimate of drug-likeness (QED) is 0.333. The summed E-state index contributed by atoms with van der Waals surface area (Å²) in [6.45, 7) is 8.85. The molecule has 0 bridgehead atoms. The number of aromatic nitrogens is 1. The molecular weight excluding hydrogens is 511 g/mol. The van der Waals surface area contributed by atoms with E-state index in [4.69, 9.17) is 9.47 Å². The minimum atomic E-state index is -0.221. The molecule has 1 amide bonds. The second-order valence-corrected chi connectivity index (χ2v) is 7.68. The van der Waals surface area contributed by atoms with Crippen LogP contribution < -0.4 is 15.5 Å². The number of aliphatic imine (C=N–C) groups is 1. The first-order valence-electron chi connectivity index (χ1n) is 10.8. The summed E-state index contributed by atoms with van der Waals surface area (Å²) in [7, 11) is 1.77. The lowest BCUT2D eigenvalue weighted by Crippen LogP contribution is -2.49. The molecule has 1 aromatic heterocycles. The number of halogens is 1. The SMILES string of the molecule is CCOC(=O)N1CCC(NC(=NC)NCc2ccc(N3CCOC(C)C3)nc2)CC1.I. The van der Waals surface area contributed by atoms with E-state index in [0.717, 1.165) is 49.9 Å². The minimum Gasteiger partial charge on any atom is -0.450 e. The number of nitrogens with zero attached hydrogens (tertiary/aromatic N) is 4. The number of hydrogen-bond donors (Lipinski definition) is 2. The predicted octanol–water partition coefficient (Wildman–Crippen LogP) is 2.21. The van der Waals surface area contributed by atoms with E-state index in [2.05, 4.69) is 44.6 Å². The van der Waals surface area contributed by atoms with Crippen LogP contribution in [0.1, 0.15) is 32.3 Å². The molecule has 1 unspecified atom stereocenters. The molecular formula is C21H35IN6O3. The number of likely N-dealkylation sites (tertiary alicyclic amines) is 1. The third-order valence-corrected chi connectivity index (χ3v) is 5.42. The number of guanidine groups is 1. The number of carbonyl (C=O) groups excluding carboxylic acids is 1. The van der Waals surface area contributed by atoms with E-state index in [1.807, 2.05) is 13.1 Å². The van der Waals surface area contributed by atoms with Crippen molar-refractivity contribution < 1.29 is 14.3 Å². The molecule has 3 rings (SSSR count). The number of morpholine rings is 1. The van der Waals surface area contributed by atoms with Crippen molar-refractivity contribution >= 4 is 41.8 Å². The maximum absolute atomic E-state index is 11.8. The summed E-state index contributed by atoms with van der Waals surface area (Å²) in [6, 6.07) is 4.45. The first-order chi connectivity index (χ1) is 14.6. The summed E-state index contributed by atoms with van der Waals surface area (Å²) in [5.74, 6) is 1.75. The van der Waals surface area contributed by atoms with Crippen LogP contribution in [0, 0.1) is 0 Å². The van der Waals surface area contributed by atoms with Crippen molar-refractivity contribution in [2.75, 3.05) is 51.3 Å². The van der Waals surface area contributed by atoms with Gasteiger partial charge >= 0.3 is 6.09 Å². The molecule has 2 N–H and O–H groups in total. The molecule has 31 heavy (non-hydrogen) atoms. The molecule has 2 aliphatic heterocycles. The van der Waals surface area contributed by atoms with Gasteiger partial charge in [-0.3, -0.25) is 4.99 Å². The van der Waals surface area contributed by atoms with Crippen molar-refractivity contribution in [3.63, 3.8) is 0 Å². The van der Waals surface area contributed by atoms with E-state index in [1.54, 1.807) is 11.9 Å². The van der Waals surface area contributed by atoms with Gasteiger partial charge in [-0.1, -0.05) is 6.07 Å². The Balaban J connectivity index is 0.00000341. The molecule has 0 spiro atoms. The fraction of sp³-hybridized carbons (Fsp3) is 0.667. The zero-order valence-electron chi connectivity index (χ0n) is 18.7. The summed E-state index contributed by atoms with van der Waals surface area (Å²) in [5, 5.41) is 6.81. The highest BCUT2D eigenvalue weighted by Gasteiger charge is 2.24. The minimum absolute atomic E-state index is 0. The van der Waals surface area contributed by atoms with Crippen molar-refractivity contribution in [1.82, 2.24) is 20.5 Å². The maximum Gasteiger partial charge on any atom is 0.409 e. The van der Waals surface area contributed by atoms with E-state index in [-0.39, 0.29) is 42.2 Å². The van der Waals surface area contributed by atoms with Gasteiger partial charge in [-0.2, -0.15) is 0 Å². The molecule has 0 saturated carbocycles. The van der Waals surface area contributed by atoms with E-state index >= 15 is 0 Å². The highest BCUT2D eigenvalue weighted by molar-refractivity contribution is 14.0. The van der Waals surface area contributed by atoms with Crippen LogP contribution in [-0.2, 0) is 16.0 Å². The highest BCUT2D eigenvalue weighted by atomic mass is 127. The molecule has 1 atom stereocenters. The Morgan fingerprint density at radius 2 is 2.10 bits per heavy atom. The van der Waals surface area contributed by atoms with Gasteiger partial charge in [0.25, 0.3) is 0 Å². The van der Waals surface area contributed by atoms with Crippen LogP contribution in [0.3, 0.4) is 0 Å². The van der Waals surface area contributed by atoms with Crippen molar-refractivity contribution in [2.45, 2.75) is 45.4 Å². The predicted molar refractivity (Wildman–Crippen MR) is 132 cm³/mol. The molecule has 2 saturated heterocycles. The second-order valence-electron chi connectivity index (χ2n) is 7.68. The number of nitrogens with one attached hydrogen (secondary N) is 2. The van der Waals surface area contributed by atoms with Gasteiger partial charge < -0.3 is 29.9 Å². The number of ether oxygens (including phenoxy) is 2. The number of amides is 1. The smallest absolute Gasteiger partial charge is 0.409 e. The van der Waals surface area contributed by atoms with E-state index in [0.29, 0.717) is 26.2 Å². The van der Waals surface area contributed by atoms with E-state index < -0.39 is 0 Å². The third kappa shape index (κ3) is 7.67. The summed E-state index contributed by atoms with van der Waals surface area (Å²) in [5.41, 5.74) is 1.10. The molecule has 1 aromatic rings. The maximum atomic E-state index is 11.8. The Morgan fingerprint density at radius 3 is 2.71 bits per heavy atom. The van der Waals surface area contributed by atoms with E-state index in [1.165, 1.54) is 0 Å². The zero-order chi connectivity index (χ0) is 21.3. The van der Waals surface area contributed by atoms with Gasteiger partial charge in [-0.05, 0) is 38.3 Å². The summed E-state index contributed by atoms with van der Waals surface area (Å²) in [6.07, 6.45) is 3.66. The molecule has 9 nitrogen and oxygen atoms in total. The zero-order valence-corrected chi connectivity index (χ0v) is 21.0. The van der Waals surface area contributed by atoms with Crippen LogP contribution in [0.2, 0.25) is 0 Å². The van der Waals surface area contributed by atoms with Gasteiger partial charge in [0.1, 0.15) is 5.82 Å². The Morgan fingerprint density at radius 1 is 1.32 bits per heavy atom.